The van der Waals surface area contributed by atoms with Gasteiger partial charge in [-0.05, 0) is 25.5 Å². The van der Waals surface area contributed by atoms with E-state index >= 15 is 0 Å². The zero-order valence-electron chi connectivity index (χ0n) is 10.0. The number of nitrogens with zero attached hydrogens (tertiary/aromatic N) is 2. The SMILES string of the molecule is [C-]#[N+]C(C(=O)OCC)c1ccc([N+](=O)[O-])cc1C. The van der Waals surface area contributed by atoms with E-state index < -0.39 is 16.9 Å². The van der Waals surface area contributed by atoms with Crippen molar-refractivity contribution in [3.05, 3.63) is 50.9 Å². The van der Waals surface area contributed by atoms with Gasteiger partial charge in [-0.1, -0.05) is 0 Å². The van der Waals surface area contributed by atoms with Crippen LogP contribution in [0.15, 0.2) is 18.2 Å². The van der Waals surface area contributed by atoms with E-state index in [1.807, 2.05) is 0 Å². The molecule has 0 N–H and O–H groups in total. The van der Waals surface area contributed by atoms with E-state index in [9.17, 15) is 14.9 Å². The lowest BCUT2D eigenvalue weighted by Gasteiger charge is -2.07. The normalized spacial score (nSPS) is 11.4. The van der Waals surface area contributed by atoms with Crippen LogP contribution in [0, 0.1) is 23.6 Å². The molecule has 6 heteroatoms. The van der Waals surface area contributed by atoms with Gasteiger partial charge in [0.15, 0.2) is 0 Å². The molecule has 6 nitrogen and oxygen atoms in total. The van der Waals surface area contributed by atoms with Gasteiger partial charge in [-0.25, -0.2) is 11.4 Å². The number of carbonyl (C=O) groups is 1. The second-order valence-corrected chi connectivity index (χ2v) is 3.58. The van der Waals surface area contributed by atoms with Crippen LogP contribution >= 0.6 is 0 Å². The third-order valence-electron chi connectivity index (χ3n) is 2.40. The van der Waals surface area contributed by atoms with Crippen molar-refractivity contribution in [2.75, 3.05) is 6.61 Å². The van der Waals surface area contributed by atoms with Crippen molar-refractivity contribution in [2.45, 2.75) is 19.9 Å². The Morgan fingerprint density at radius 3 is 2.72 bits per heavy atom. The Hall–Kier alpha value is -2.42. The Morgan fingerprint density at radius 1 is 1.61 bits per heavy atom. The first-order valence-electron chi connectivity index (χ1n) is 5.29. The van der Waals surface area contributed by atoms with E-state index in [1.165, 1.54) is 18.2 Å². The zero-order valence-corrected chi connectivity index (χ0v) is 10.0. The number of benzene rings is 1. The number of esters is 1. The van der Waals surface area contributed by atoms with Gasteiger partial charge >= 0.3 is 12.0 Å². The summed E-state index contributed by atoms with van der Waals surface area (Å²) in [5, 5.41) is 10.6. The molecule has 1 rings (SSSR count). The van der Waals surface area contributed by atoms with Crippen molar-refractivity contribution < 1.29 is 14.5 Å². The second kappa shape index (κ2) is 5.77. The Balaban J connectivity index is 3.12. The van der Waals surface area contributed by atoms with Crippen LogP contribution in [0.3, 0.4) is 0 Å². The predicted molar refractivity (Wildman–Crippen MR) is 63.8 cm³/mol. The Labute approximate surface area is 104 Å². The number of ether oxygens (including phenoxy) is 1. The second-order valence-electron chi connectivity index (χ2n) is 3.58. The summed E-state index contributed by atoms with van der Waals surface area (Å²) in [7, 11) is 0. The molecule has 0 fully saturated rings. The average Bonchev–Trinajstić information content (AvgIpc) is 2.32. The summed E-state index contributed by atoms with van der Waals surface area (Å²) in [6.07, 6.45) is 0. The van der Waals surface area contributed by atoms with Crippen LogP contribution in [0.5, 0.6) is 0 Å². The van der Waals surface area contributed by atoms with Crippen molar-refractivity contribution in [2.24, 2.45) is 0 Å². The van der Waals surface area contributed by atoms with Crippen molar-refractivity contribution >= 4 is 11.7 Å². The third-order valence-corrected chi connectivity index (χ3v) is 2.40. The van der Waals surface area contributed by atoms with Crippen molar-refractivity contribution in [1.82, 2.24) is 0 Å². The van der Waals surface area contributed by atoms with E-state index in [0.717, 1.165) is 0 Å². The number of rotatable bonds is 4. The molecule has 1 aromatic carbocycles. The lowest BCUT2D eigenvalue weighted by Crippen LogP contribution is -2.14. The summed E-state index contributed by atoms with van der Waals surface area (Å²) >= 11 is 0. The first-order valence-corrected chi connectivity index (χ1v) is 5.29. The summed E-state index contributed by atoms with van der Waals surface area (Å²) < 4.78 is 4.80. The van der Waals surface area contributed by atoms with Crippen LogP contribution in [0.2, 0.25) is 0 Å². The molecule has 0 bridgehead atoms. The minimum absolute atomic E-state index is 0.0659. The number of hydrogen-bond donors (Lipinski definition) is 0. The number of aryl methyl sites for hydroxylation is 1. The lowest BCUT2D eigenvalue weighted by atomic mass is 10.0. The van der Waals surface area contributed by atoms with Crippen LogP contribution in [0.25, 0.3) is 4.85 Å². The molecule has 1 aromatic rings. The number of non-ortho nitro benzene ring substituents is 1. The minimum Gasteiger partial charge on any atom is -0.460 e. The summed E-state index contributed by atoms with van der Waals surface area (Å²) in [5.41, 5.74) is 0.899. The van der Waals surface area contributed by atoms with Crippen LogP contribution in [0.1, 0.15) is 24.1 Å². The van der Waals surface area contributed by atoms with Crippen molar-refractivity contribution in [3.8, 4) is 0 Å². The Morgan fingerprint density at radius 2 is 2.28 bits per heavy atom. The summed E-state index contributed by atoms with van der Waals surface area (Å²) in [6, 6.07) is 2.98. The highest BCUT2D eigenvalue weighted by Crippen LogP contribution is 2.26. The molecule has 0 amide bonds. The molecule has 0 aliphatic rings. The molecular formula is C12H12N2O4. The van der Waals surface area contributed by atoms with Gasteiger partial charge < -0.3 is 4.74 Å². The first-order chi connectivity index (χ1) is 8.51. The molecule has 18 heavy (non-hydrogen) atoms. The first kappa shape index (κ1) is 13.6. The molecule has 0 spiro atoms. The highest BCUT2D eigenvalue weighted by atomic mass is 16.6. The number of carbonyl (C=O) groups excluding carboxylic acids is 1. The highest BCUT2D eigenvalue weighted by molar-refractivity contribution is 5.80. The lowest BCUT2D eigenvalue weighted by molar-refractivity contribution is -0.384. The molecule has 0 heterocycles. The van der Waals surface area contributed by atoms with Gasteiger partial charge in [0.25, 0.3) is 5.69 Å². The van der Waals surface area contributed by atoms with Gasteiger partial charge in [-0.2, -0.15) is 0 Å². The largest absolute Gasteiger partial charge is 0.460 e. The number of nitro benzene ring substituents is 1. The number of nitro groups is 1. The quantitative estimate of drug-likeness (QED) is 0.355. The minimum atomic E-state index is -1.06. The van der Waals surface area contributed by atoms with E-state index in [0.29, 0.717) is 11.1 Å². The fourth-order valence-electron chi connectivity index (χ4n) is 1.55. The van der Waals surface area contributed by atoms with E-state index in [-0.39, 0.29) is 12.3 Å². The summed E-state index contributed by atoms with van der Waals surface area (Å²) in [5.74, 6) is -0.635. The molecule has 1 atom stereocenters. The van der Waals surface area contributed by atoms with E-state index in [2.05, 4.69) is 4.85 Å². The molecule has 0 saturated heterocycles. The van der Waals surface area contributed by atoms with Crippen LogP contribution in [-0.4, -0.2) is 17.5 Å². The smallest absolute Gasteiger partial charge is 0.395 e. The van der Waals surface area contributed by atoms with Gasteiger partial charge in [0.05, 0.1) is 11.5 Å². The third kappa shape index (κ3) is 2.83. The maximum atomic E-state index is 11.6. The Kier molecular flexibility index (Phi) is 4.38. The zero-order chi connectivity index (χ0) is 13.7. The monoisotopic (exact) mass is 248 g/mol. The van der Waals surface area contributed by atoms with E-state index in [4.69, 9.17) is 11.3 Å². The maximum Gasteiger partial charge on any atom is 0.395 e. The van der Waals surface area contributed by atoms with Crippen LogP contribution in [-0.2, 0) is 9.53 Å². The summed E-state index contributed by atoms with van der Waals surface area (Å²) in [6.45, 7) is 10.5. The van der Waals surface area contributed by atoms with Gasteiger partial charge in [0.1, 0.15) is 0 Å². The molecule has 0 aliphatic heterocycles. The van der Waals surface area contributed by atoms with Crippen LogP contribution < -0.4 is 0 Å². The average molecular weight is 248 g/mol. The van der Waals surface area contributed by atoms with Crippen molar-refractivity contribution in [3.63, 3.8) is 0 Å². The van der Waals surface area contributed by atoms with Crippen LogP contribution in [0.4, 0.5) is 5.69 Å². The standard InChI is InChI=1S/C12H12N2O4/c1-4-18-12(15)11(13-3)10-6-5-9(14(16)17)7-8(10)2/h5-7,11H,4H2,1-2H3. The maximum absolute atomic E-state index is 11.6. The van der Waals surface area contributed by atoms with E-state index in [1.54, 1.807) is 13.8 Å². The molecular weight excluding hydrogens is 236 g/mol. The summed E-state index contributed by atoms with van der Waals surface area (Å²) in [4.78, 5) is 24.9. The Bertz CT molecular complexity index is 519. The topological polar surface area (TPSA) is 73.8 Å². The van der Waals surface area contributed by atoms with Gasteiger partial charge in [-0.3, -0.25) is 15.0 Å². The highest BCUT2D eigenvalue weighted by Gasteiger charge is 2.29. The molecule has 94 valence electrons. The molecule has 0 radical (unpaired) electrons. The van der Waals surface area contributed by atoms with Crippen molar-refractivity contribution in [1.29, 1.82) is 0 Å². The molecule has 0 aliphatic carbocycles. The van der Waals surface area contributed by atoms with Gasteiger partial charge in [-0.15, -0.1) is 0 Å². The number of hydrogen-bond acceptors (Lipinski definition) is 4. The van der Waals surface area contributed by atoms with Gasteiger partial charge in [0, 0.05) is 17.7 Å². The molecule has 0 aromatic heterocycles. The molecule has 1 unspecified atom stereocenters. The fourth-order valence-corrected chi connectivity index (χ4v) is 1.55. The predicted octanol–water partition coefficient (Wildman–Crippen LogP) is 2.43. The van der Waals surface area contributed by atoms with Gasteiger partial charge in [0.2, 0.25) is 0 Å². The molecule has 0 saturated carbocycles. The fraction of sp³-hybridized carbons (Fsp3) is 0.333.